The first-order valence-electron chi connectivity index (χ1n) is 5.50. The fraction of sp³-hybridized carbons (Fsp3) is 0.727. The highest BCUT2D eigenvalue weighted by atomic mass is 16.1. The number of hydrogen-bond acceptors (Lipinski definition) is 1. The maximum absolute atomic E-state index is 10.9. The third-order valence-electron chi connectivity index (χ3n) is 2.42. The third-order valence-corrected chi connectivity index (χ3v) is 2.42. The van der Waals surface area contributed by atoms with Gasteiger partial charge < -0.3 is 5.32 Å². The normalized spacial score (nSPS) is 12.3. The molecule has 2 nitrogen and oxygen atoms in total. The summed E-state index contributed by atoms with van der Waals surface area (Å²) in [6.07, 6.45) is 3.60. The van der Waals surface area contributed by atoms with Crippen LogP contribution < -0.4 is 5.32 Å². The van der Waals surface area contributed by atoms with Gasteiger partial charge in [-0.3, -0.25) is 4.79 Å². The summed E-state index contributed by atoms with van der Waals surface area (Å²) in [6.45, 7) is 10.9. The molecule has 1 N–H and O–H groups in total. The lowest BCUT2D eigenvalue weighted by Gasteiger charge is -2.15. The standard InChI is InChI=1S/C11H22BNO/c1-5-10(12-9(3)4)7-8-13-11(14)6-2/h6,9-10,12H,2,5,7-8H2,1,3-4H3,(H,13,14). The van der Waals surface area contributed by atoms with Crippen molar-refractivity contribution in [2.45, 2.75) is 45.2 Å². The van der Waals surface area contributed by atoms with Crippen molar-refractivity contribution in [1.82, 2.24) is 5.32 Å². The van der Waals surface area contributed by atoms with Gasteiger partial charge in [0, 0.05) is 6.54 Å². The van der Waals surface area contributed by atoms with Gasteiger partial charge in [0.25, 0.3) is 0 Å². The maximum atomic E-state index is 10.9. The van der Waals surface area contributed by atoms with Crippen LogP contribution in [0.15, 0.2) is 12.7 Å². The third kappa shape index (κ3) is 6.75. The Kier molecular flexibility index (Phi) is 7.26. The van der Waals surface area contributed by atoms with Crippen LogP contribution in [0, 0.1) is 0 Å². The Bertz CT molecular complexity index is 180. The lowest BCUT2D eigenvalue weighted by atomic mass is 9.54. The largest absolute Gasteiger partial charge is 0.353 e. The molecular weight excluding hydrogens is 173 g/mol. The first-order valence-corrected chi connectivity index (χ1v) is 5.50. The van der Waals surface area contributed by atoms with Gasteiger partial charge in [0.05, 0.1) is 0 Å². The summed E-state index contributed by atoms with van der Waals surface area (Å²) in [4.78, 5) is 10.9. The van der Waals surface area contributed by atoms with E-state index in [9.17, 15) is 4.79 Å². The van der Waals surface area contributed by atoms with E-state index in [-0.39, 0.29) is 5.91 Å². The molecule has 14 heavy (non-hydrogen) atoms. The number of amides is 1. The van der Waals surface area contributed by atoms with Crippen LogP contribution >= 0.6 is 0 Å². The van der Waals surface area contributed by atoms with E-state index in [1.54, 1.807) is 0 Å². The first kappa shape index (κ1) is 13.3. The van der Waals surface area contributed by atoms with Crippen molar-refractivity contribution in [3.05, 3.63) is 12.7 Å². The van der Waals surface area contributed by atoms with Crippen LogP contribution in [0.1, 0.15) is 33.6 Å². The highest BCUT2D eigenvalue weighted by Gasteiger charge is 2.10. The summed E-state index contributed by atoms with van der Waals surface area (Å²) in [7, 11) is 1.25. The fourth-order valence-corrected chi connectivity index (χ4v) is 1.63. The molecular formula is C11H22BNO. The van der Waals surface area contributed by atoms with Gasteiger partial charge in [-0.25, -0.2) is 0 Å². The predicted molar refractivity (Wildman–Crippen MR) is 64.1 cm³/mol. The first-order chi connectivity index (χ1) is 6.60. The highest BCUT2D eigenvalue weighted by Crippen LogP contribution is 2.18. The van der Waals surface area contributed by atoms with E-state index in [4.69, 9.17) is 0 Å². The average molecular weight is 195 g/mol. The topological polar surface area (TPSA) is 29.1 Å². The Labute approximate surface area is 88.4 Å². The molecule has 0 heterocycles. The molecule has 1 unspecified atom stereocenters. The van der Waals surface area contributed by atoms with E-state index in [2.05, 4.69) is 32.7 Å². The van der Waals surface area contributed by atoms with Gasteiger partial charge in [0.2, 0.25) is 5.91 Å². The summed E-state index contributed by atoms with van der Waals surface area (Å²) in [5.74, 6) is 1.42. The second-order valence-corrected chi connectivity index (χ2v) is 4.19. The second-order valence-electron chi connectivity index (χ2n) is 4.19. The molecule has 0 aliphatic rings. The van der Waals surface area contributed by atoms with Gasteiger partial charge in [-0.05, 0) is 12.5 Å². The van der Waals surface area contributed by atoms with E-state index >= 15 is 0 Å². The van der Waals surface area contributed by atoms with E-state index in [1.807, 2.05) is 0 Å². The van der Waals surface area contributed by atoms with Crippen LogP contribution in [0.5, 0.6) is 0 Å². The summed E-state index contributed by atoms with van der Waals surface area (Å²) in [5.41, 5.74) is 0. The van der Waals surface area contributed by atoms with Gasteiger partial charge >= 0.3 is 0 Å². The molecule has 80 valence electrons. The molecule has 0 rings (SSSR count). The van der Waals surface area contributed by atoms with E-state index in [0.29, 0.717) is 0 Å². The summed E-state index contributed by atoms with van der Waals surface area (Å²) >= 11 is 0. The number of nitrogens with one attached hydrogen (secondary N) is 1. The van der Waals surface area contributed by atoms with Crippen LogP contribution in [-0.4, -0.2) is 19.7 Å². The Morgan fingerprint density at radius 2 is 2.21 bits per heavy atom. The van der Waals surface area contributed by atoms with Crippen molar-refractivity contribution in [3.8, 4) is 0 Å². The SMILES string of the molecule is C=CC(=O)NCCC(BC(C)C)CC. The smallest absolute Gasteiger partial charge is 0.243 e. The van der Waals surface area contributed by atoms with Gasteiger partial charge in [0.1, 0.15) is 7.28 Å². The molecule has 0 aliphatic carbocycles. The minimum atomic E-state index is -0.0654. The van der Waals surface area contributed by atoms with Crippen LogP contribution in [0.3, 0.4) is 0 Å². The lowest BCUT2D eigenvalue weighted by Crippen LogP contribution is -2.24. The number of rotatable bonds is 7. The van der Waals surface area contributed by atoms with Crippen LogP contribution in [0.2, 0.25) is 11.6 Å². The van der Waals surface area contributed by atoms with Gasteiger partial charge in [-0.1, -0.05) is 45.4 Å². The molecule has 0 spiro atoms. The zero-order valence-electron chi connectivity index (χ0n) is 9.68. The molecule has 0 fully saturated rings. The van der Waals surface area contributed by atoms with Crippen molar-refractivity contribution in [2.24, 2.45) is 0 Å². The van der Waals surface area contributed by atoms with Gasteiger partial charge in [-0.15, -0.1) is 0 Å². The molecule has 0 aromatic heterocycles. The molecule has 0 aromatic carbocycles. The minimum absolute atomic E-state index is 0.0654. The molecule has 1 amide bonds. The summed E-state index contributed by atoms with van der Waals surface area (Å²) < 4.78 is 0. The summed E-state index contributed by atoms with van der Waals surface area (Å²) in [6, 6.07) is 0. The fourth-order valence-electron chi connectivity index (χ4n) is 1.63. The van der Waals surface area contributed by atoms with Crippen molar-refractivity contribution in [3.63, 3.8) is 0 Å². The van der Waals surface area contributed by atoms with Gasteiger partial charge in [-0.2, -0.15) is 0 Å². The average Bonchev–Trinajstić information content (AvgIpc) is 2.15. The Balaban J connectivity index is 3.62. The molecule has 0 saturated heterocycles. The molecule has 0 saturated carbocycles. The van der Waals surface area contributed by atoms with Crippen molar-refractivity contribution < 1.29 is 4.79 Å². The zero-order valence-corrected chi connectivity index (χ0v) is 9.68. The quantitative estimate of drug-likeness (QED) is 0.489. The second kappa shape index (κ2) is 7.66. The monoisotopic (exact) mass is 195 g/mol. The lowest BCUT2D eigenvalue weighted by molar-refractivity contribution is -0.116. The number of carbonyl (C=O) groups is 1. The van der Waals surface area contributed by atoms with E-state index < -0.39 is 0 Å². The Morgan fingerprint density at radius 3 is 2.64 bits per heavy atom. The van der Waals surface area contributed by atoms with Crippen molar-refractivity contribution in [1.29, 1.82) is 0 Å². The van der Waals surface area contributed by atoms with E-state index in [0.717, 1.165) is 24.6 Å². The van der Waals surface area contributed by atoms with Crippen molar-refractivity contribution >= 4 is 13.2 Å². The number of hydrogen-bond donors (Lipinski definition) is 1. The highest BCUT2D eigenvalue weighted by molar-refractivity contribution is 6.39. The number of carbonyl (C=O) groups excluding carboxylic acids is 1. The van der Waals surface area contributed by atoms with E-state index in [1.165, 1.54) is 19.8 Å². The zero-order chi connectivity index (χ0) is 11.0. The Morgan fingerprint density at radius 1 is 1.57 bits per heavy atom. The molecule has 3 heteroatoms. The predicted octanol–water partition coefficient (Wildman–Crippen LogP) is 2.14. The molecule has 0 bridgehead atoms. The van der Waals surface area contributed by atoms with Crippen LogP contribution in [-0.2, 0) is 4.79 Å². The van der Waals surface area contributed by atoms with Crippen LogP contribution in [0.25, 0.3) is 0 Å². The molecule has 0 aromatic rings. The van der Waals surface area contributed by atoms with Crippen molar-refractivity contribution in [2.75, 3.05) is 6.54 Å². The minimum Gasteiger partial charge on any atom is -0.353 e. The van der Waals surface area contributed by atoms with Gasteiger partial charge in [0.15, 0.2) is 0 Å². The molecule has 0 radical (unpaired) electrons. The summed E-state index contributed by atoms with van der Waals surface area (Å²) in [5, 5.41) is 2.81. The molecule has 1 atom stereocenters. The molecule has 0 aliphatic heterocycles. The Hall–Kier alpha value is -0.725. The van der Waals surface area contributed by atoms with Crippen LogP contribution in [0.4, 0.5) is 0 Å². The maximum Gasteiger partial charge on any atom is 0.243 e.